The van der Waals surface area contributed by atoms with Crippen molar-refractivity contribution in [2.24, 2.45) is 0 Å². The predicted molar refractivity (Wildman–Crippen MR) is 132 cm³/mol. The van der Waals surface area contributed by atoms with Crippen molar-refractivity contribution in [1.29, 1.82) is 0 Å². The normalized spacial score (nSPS) is 17.2. The minimum Gasteiger partial charge on any atom is -0.507 e. The SMILES string of the molecule is COc1ccc(C2/C(=C(\O)c3ccc(Cl)c(OC)c3)C(=O)C(=O)N2c2cccc(C)c2C)cc1. The number of carbonyl (C=O) groups is 2. The van der Waals surface area contributed by atoms with E-state index >= 15 is 0 Å². The number of ether oxygens (including phenoxy) is 2. The molecule has 0 bridgehead atoms. The number of aliphatic hydroxyl groups excluding tert-OH is 1. The first-order valence-corrected chi connectivity index (χ1v) is 11.0. The molecule has 1 atom stereocenters. The Morgan fingerprint density at radius 2 is 1.68 bits per heavy atom. The van der Waals surface area contributed by atoms with Crippen molar-refractivity contribution in [2.45, 2.75) is 19.9 Å². The van der Waals surface area contributed by atoms with Crippen molar-refractivity contribution in [3.63, 3.8) is 0 Å². The number of carbonyl (C=O) groups excluding carboxylic acids is 2. The average Bonchev–Trinajstić information content (AvgIpc) is 3.11. The highest BCUT2D eigenvalue weighted by atomic mass is 35.5. The minimum absolute atomic E-state index is 0.0135. The van der Waals surface area contributed by atoms with Gasteiger partial charge in [0.1, 0.15) is 17.3 Å². The van der Waals surface area contributed by atoms with Gasteiger partial charge in [-0.15, -0.1) is 0 Å². The maximum atomic E-state index is 13.4. The van der Waals surface area contributed by atoms with Gasteiger partial charge in [0.15, 0.2) is 0 Å². The molecule has 1 fully saturated rings. The zero-order chi connectivity index (χ0) is 24.6. The van der Waals surface area contributed by atoms with Crippen molar-refractivity contribution in [1.82, 2.24) is 0 Å². The molecule has 0 aliphatic carbocycles. The molecule has 34 heavy (non-hydrogen) atoms. The predicted octanol–water partition coefficient (Wildman–Crippen LogP) is 5.60. The summed E-state index contributed by atoms with van der Waals surface area (Å²) in [7, 11) is 3.02. The zero-order valence-electron chi connectivity index (χ0n) is 19.3. The van der Waals surface area contributed by atoms with Crippen molar-refractivity contribution in [3.05, 3.63) is 93.5 Å². The van der Waals surface area contributed by atoms with Gasteiger partial charge in [0, 0.05) is 11.3 Å². The van der Waals surface area contributed by atoms with Gasteiger partial charge in [-0.25, -0.2) is 0 Å². The van der Waals surface area contributed by atoms with Crippen LogP contribution in [0.2, 0.25) is 5.02 Å². The summed E-state index contributed by atoms with van der Waals surface area (Å²) in [5.74, 6) is -0.808. The molecule has 0 saturated carbocycles. The first kappa shape index (κ1) is 23.4. The van der Waals surface area contributed by atoms with E-state index in [1.807, 2.05) is 26.0 Å². The van der Waals surface area contributed by atoms with E-state index in [4.69, 9.17) is 21.1 Å². The second-order valence-electron chi connectivity index (χ2n) is 8.01. The summed E-state index contributed by atoms with van der Waals surface area (Å²) in [5.41, 5.74) is 3.42. The quantitative estimate of drug-likeness (QED) is 0.294. The van der Waals surface area contributed by atoms with Crippen molar-refractivity contribution in [3.8, 4) is 11.5 Å². The molecule has 6 nitrogen and oxygen atoms in total. The van der Waals surface area contributed by atoms with Crippen LogP contribution in [-0.2, 0) is 9.59 Å². The van der Waals surface area contributed by atoms with Crippen LogP contribution in [0.15, 0.2) is 66.2 Å². The molecular weight excluding hydrogens is 454 g/mol. The Labute approximate surface area is 203 Å². The van der Waals surface area contributed by atoms with Crippen molar-refractivity contribution in [2.75, 3.05) is 19.1 Å². The summed E-state index contributed by atoms with van der Waals surface area (Å²) in [6, 6.07) is 16.5. The standard InChI is InChI=1S/C27H24ClNO5/c1-15-6-5-7-21(16(15)2)29-24(17-8-11-19(33-3)12-9-17)23(26(31)27(29)32)25(30)18-10-13-20(28)22(14-18)34-4/h5-14,24,30H,1-4H3/b25-23+. The topological polar surface area (TPSA) is 76.1 Å². The molecule has 1 aliphatic rings. The van der Waals surface area contributed by atoms with Crippen LogP contribution in [-0.4, -0.2) is 31.0 Å². The monoisotopic (exact) mass is 477 g/mol. The fourth-order valence-corrected chi connectivity index (χ4v) is 4.34. The van der Waals surface area contributed by atoms with Gasteiger partial charge >= 0.3 is 0 Å². The molecule has 7 heteroatoms. The third-order valence-electron chi connectivity index (χ3n) is 6.14. The molecule has 1 N–H and O–H groups in total. The van der Waals surface area contributed by atoms with E-state index in [0.29, 0.717) is 33.3 Å². The second-order valence-corrected chi connectivity index (χ2v) is 8.42. The van der Waals surface area contributed by atoms with Gasteiger partial charge in [-0.3, -0.25) is 14.5 Å². The Hall–Kier alpha value is -3.77. The van der Waals surface area contributed by atoms with Crippen LogP contribution in [0.3, 0.4) is 0 Å². The number of aliphatic hydroxyl groups is 1. The van der Waals surface area contributed by atoms with E-state index in [1.165, 1.54) is 18.1 Å². The maximum Gasteiger partial charge on any atom is 0.300 e. The number of nitrogens with zero attached hydrogens (tertiary/aromatic N) is 1. The first-order valence-electron chi connectivity index (χ1n) is 10.6. The van der Waals surface area contributed by atoms with E-state index in [0.717, 1.165) is 11.1 Å². The highest BCUT2D eigenvalue weighted by Gasteiger charge is 2.47. The molecule has 3 aromatic rings. The van der Waals surface area contributed by atoms with Crippen molar-refractivity contribution < 1.29 is 24.2 Å². The summed E-state index contributed by atoms with van der Waals surface area (Å²) in [4.78, 5) is 28.1. The Balaban J connectivity index is 1.97. The molecule has 1 unspecified atom stereocenters. The average molecular weight is 478 g/mol. The molecule has 1 amide bonds. The number of ketones is 1. The number of aryl methyl sites for hydroxylation is 1. The number of halogens is 1. The van der Waals surface area contributed by atoms with Gasteiger partial charge in [-0.2, -0.15) is 0 Å². The number of hydrogen-bond donors (Lipinski definition) is 1. The first-order chi connectivity index (χ1) is 16.3. The van der Waals surface area contributed by atoms with Gasteiger partial charge in [0.2, 0.25) is 0 Å². The minimum atomic E-state index is -0.840. The molecule has 4 rings (SSSR count). The number of hydrogen-bond acceptors (Lipinski definition) is 5. The number of benzene rings is 3. The van der Waals surface area contributed by atoms with E-state index in [-0.39, 0.29) is 11.3 Å². The van der Waals surface area contributed by atoms with E-state index in [2.05, 4.69) is 0 Å². The van der Waals surface area contributed by atoms with Gasteiger partial charge in [0.25, 0.3) is 11.7 Å². The van der Waals surface area contributed by atoms with Crippen LogP contribution in [0, 0.1) is 13.8 Å². The maximum absolute atomic E-state index is 13.4. The van der Waals surface area contributed by atoms with E-state index in [1.54, 1.807) is 49.6 Å². The molecule has 1 heterocycles. The second kappa shape index (κ2) is 9.23. The molecule has 0 radical (unpaired) electrons. The van der Waals surface area contributed by atoms with Crippen LogP contribution in [0.25, 0.3) is 5.76 Å². The van der Waals surface area contributed by atoms with Crippen LogP contribution >= 0.6 is 11.6 Å². The third kappa shape index (κ3) is 3.90. The van der Waals surface area contributed by atoms with Gasteiger partial charge < -0.3 is 14.6 Å². The molecule has 0 spiro atoms. The Morgan fingerprint density at radius 1 is 0.971 bits per heavy atom. The van der Waals surface area contributed by atoms with Crippen LogP contribution < -0.4 is 14.4 Å². The smallest absolute Gasteiger partial charge is 0.300 e. The number of anilines is 1. The van der Waals surface area contributed by atoms with Crippen LogP contribution in [0.1, 0.15) is 28.3 Å². The Bertz CT molecular complexity index is 1310. The lowest BCUT2D eigenvalue weighted by atomic mass is 9.94. The lowest BCUT2D eigenvalue weighted by molar-refractivity contribution is -0.132. The highest BCUT2D eigenvalue weighted by molar-refractivity contribution is 6.51. The zero-order valence-corrected chi connectivity index (χ0v) is 20.0. The van der Waals surface area contributed by atoms with Gasteiger partial charge in [-0.1, -0.05) is 35.9 Å². The van der Waals surface area contributed by atoms with Crippen LogP contribution in [0.5, 0.6) is 11.5 Å². The fraction of sp³-hybridized carbons (Fsp3) is 0.185. The van der Waals surface area contributed by atoms with E-state index < -0.39 is 17.7 Å². The Morgan fingerprint density at radius 3 is 2.32 bits per heavy atom. The number of amides is 1. The molecular formula is C27H24ClNO5. The highest BCUT2D eigenvalue weighted by Crippen LogP contribution is 2.44. The third-order valence-corrected chi connectivity index (χ3v) is 6.45. The van der Waals surface area contributed by atoms with Gasteiger partial charge in [0.05, 0.1) is 30.9 Å². The summed E-state index contributed by atoms with van der Waals surface area (Å²) < 4.78 is 10.5. The number of rotatable bonds is 5. The summed E-state index contributed by atoms with van der Waals surface area (Å²) in [6.07, 6.45) is 0. The lowest BCUT2D eigenvalue weighted by Gasteiger charge is -2.27. The lowest BCUT2D eigenvalue weighted by Crippen LogP contribution is -2.30. The Kier molecular flexibility index (Phi) is 6.35. The summed E-state index contributed by atoms with van der Waals surface area (Å²) >= 11 is 6.14. The fourth-order valence-electron chi connectivity index (χ4n) is 4.14. The number of methoxy groups -OCH3 is 2. The number of Topliss-reactive ketones (excluding diaryl/α,β-unsaturated/α-hetero) is 1. The molecule has 1 aliphatic heterocycles. The molecule has 1 saturated heterocycles. The molecule has 3 aromatic carbocycles. The molecule has 0 aromatic heterocycles. The largest absolute Gasteiger partial charge is 0.507 e. The van der Waals surface area contributed by atoms with E-state index in [9.17, 15) is 14.7 Å². The van der Waals surface area contributed by atoms with Crippen LogP contribution in [0.4, 0.5) is 5.69 Å². The molecule has 174 valence electrons. The van der Waals surface area contributed by atoms with Crippen molar-refractivity contribution >= 4 is 34.7 Å². The summed E-state index contributed by atoms with van der Waals surface area (Å²) in [6.45, 7) is 3.84. The summed E-state index contributed by atoms with van der Waals surface area (Å²) in [5, 5.41) is 11.7. The van der Waals surface area contributed by atoms with Gasteiger partial charge in [-0.05, 0) is 66.9 Å².